The molecule has 20 heavy (non-hydrogen) atoms. The summed E-state index contributed by atoms with van der Waals surface area (Å²) in [5.74, 6) is 0.551. The molecule has 1 amide bonds. The van der Waals surface area contributed by atoms with Crippen molar-refractivity contribution in [2.24, 2.45) is 11.7 Å². The summed E-state index contributed by atoms with van der Waals surface area (Å²) >= 11 is 0. The van der Waals surface area contributed by atoms with E-state index >= 15 is 0 Å². The standard InChI is InChI=1S/C15H21N3O2/c16-10-11-3-1-6-14(11)17-12-4-2-5-13(9-12)18-7-8-20-15(18)19/h2,4-5,9,11,14,17H,1,3,6-8,10,16H2. The zero-order valence-corrected chi connectivity index (χ0v) is 11.5. The van der Waals surface area contributed by atoms with Gasteiger partial charge in [-0.25, -0.2) is 4.79 Å². The maximum absolute atomic E-state index is 11.6. The van der Waals surface area contributed by atoms with Gasteiger partial charge in [0.15, 0.2) is 0 Å². The summed E-state index contributed by atoms with van der Waals surface area (Å²) in [6.45, 7) is 1.82. The van der Waals surface area contributed by atoms with Crippen molar-refractivity contribution in [1.29, 1.82) is 0 Å². The maximum Gasteiger partial charge on any atom is 0.414 e. The molecule has 5 nitrogen and oxygen atoms in total. The number of anilines is 2. The Morgan fingerprint density at radius 3 is 3.05 bits per heavy atom. The zero-order valence-electron chi connectivity index (χ0n) is 11.5. The van der Waals surface area contributed by atoms with Gasteiger partial charge in [-0.1, -0.05) is 12.5 Å². The fraction of sp³-hybridized carbons (Fsp3) is 0.533. The Hall–Kier alpha value is -1.75. The van der Waals surface area contributed by atoms with Crippen LogP contribution in [0.25, 0.3) is 0 Å². The van der Waals surface area contributed by atoms with E-state index in [0.717, 1.165) is 24.3 Å². The lowest BCUT2D eigenvalue weighted by molar-refractivity contribution is 0.181. The number of cyclic esters (lactones) is 1. The Morgan fingerprint density at radius 2 is 2.30 bits per heavy atom. The minimum Gasteiger partial charge on any atom is -0.447 e. The topological polar surface area (TPSA) is 67.6 Å². The lowest BCUT2D eigenvalue weighted by Crippen LogP contribution is -2.29. The van der Waals surface area contributed by atoms with Gasteiger partial charge in [0.05, 0.1) is 6.54 Å². The van der Waals surface area contributed by atoms with E-state index in [1.54, 1.807) is 4.90 Å². The average molecular weight is 275 g/mol. The Kier molecular flexibility index (Phi) is 3.78. The van der Waals surface area contributed by atoms with Crippen molar-refractivity contribution in [3.8, 4) is 0 Å². The molecule has 1 saturated heterocycles. The molecule has 5 heteroatoms. The van der Waals surface area contributed by atoms with Crippen LogP contribution in [-0.2, 0) is 4.74 Å². The summed E-state index contributed by atoms with van der Waals surface area (Å²) < 4.78 is 4.98. The first-order valence-electron chi connectivity index (χ1n) is 7.29. The van der Waals surface area contributed by atoms with Gasteiger partial charge in [-0.15, -0.1) is 0 Å². The predicted octanol–water partition coefficient (Wildman–Crippen LogP) is 2.18. The monoisotopic (exact) mass is 275 g/mol. The Morgan fingerprint density at radius 1 is 1.40 bits per heavy atom. The molecule has 1 saturated carbocycles. The van der Waals surface area contributed by atoms with Crippen LogP contribution in [0.4, 0.5) is 16.2 Å². The number of nitrogens with zero attached hydrogens (tertiary/aromatic N) is 1. The van der Waals surface area contributed by atoms with Gasteiger partial charge in [0.1, 0.15) is 6.61 Å². The molecule has 1 aliphatic heterocycles. The molecule has 3 rings (SSSR count). The number of nitrogens with two attached hydrogens (primary N) is 1. The molecular weight excluding hydrogens is 254 g/mol. The van der Waals surface area contributed by atoms with Gasteiger partial charge in [-0.3, -0.25) is 4.90 Å². The first-order valence-corrected chi connectivity index (χ1v) is 7.29. The second kappa shape index (κ2) is 5.71. The zero-order chi connectivity index (χ0) is 13.9. The third-order valence-corrected chi connectivity index (χ3v) is 4.23. The van der Waals surface area contributed by atoms with Crippen LogP contribution in [0.3, 0.4) is 0 Å². The summed E-state index contributed by atoms with van der Waals surface area (Å²) in [6.07, 6.45) is 3.34. The van der Waals surface area contributed by atoms with Crippen molar-refractivity contribution in [1.82, 2.24) is 0 Å². The molecule has 2 fully saturated rings. The van der Waals surface area contributed by atoms with E-state index in [1.165, 1.54) is 12.8 Å². The van der Waals surface area contributed by atoms with Gasteiger partial charge in [0.25, 0.3) is 0 Å². The largest absolute Gasteiger partial charge is 0.447 e. The summed E-state index contributed by atoms with van der Waals surface area (Å²) in [7, 11) is 0. The molecule has 2 atom stereocenters. The number of ether oxygens (including phenoxy) is 1. The van der Waals surface area contributed by atoms with E-state index in [0.29, 0.717) is 25.1 Å². The van der Waals surface area contributed by atoms with Gasteiger partial charge in [0.2, 0.25) is 0 Å². The van der Waals surface area contributed by atoms with Crippen LogP contribution >= 0.6 is 0 Å². The van der Waals surface area contributed by atoms with Crippen LogP contribution in [0.15, 0.2) is 24.3 Å². The number of hydrogen-bond acceptors (Lipinski definition) is 4. The SMILES string of the molecule is NCC1CCCC1Nc1cccc(N2CCOC2=O)c1. The van der Waals surface area contributed by atoms with Crippen molar-refractivity contribution < 1.29 is 9.53 Å². The fourth-order valence-electron chi connectivity index (χ4n) is 3.11. The smallest absolute Gasteiger partial charge is 0.414 e. The van der Waals surface area contributed by atoms with Crippen LogP contribution in [0.1, 0.15) is 19.3 Å². The molecule has 2 unspecified atom stereocenters. The molecule has 0 spiro atoms. The summed E-state index contributed by atoms with van der Waals surface area (Å²) in [5, 5.41) is 3.56. The molecular formula is C15H21N3O2. The Balaban J connectivity index is 1.72. The van der Waals surface area contributed by atoms with Crippen LogP contribution in [-0.4, -0.2) is 31.8 Å². The van der Waals surface area contributed by atoms with Gasteiger partial charge in [0, 0.05) is 17.4 Å². The van der Waals surface area contributed by atoms with E-state index < -0.39 is 0 Å². The third kappa shape index (κ3) is 2.58. The molecule has 1 aliphatic carbocycles. The van der Waals surface area contributed by atoms with Crippen molar-refractivity contribution in [2.75, 3.05) is 29.9 Å². The van der Waals surface area contributed by atoms with Crippen LogP contribution < -0.4 is 16.0 Å². The average Bonchev–Trinajstić information content (AvgIpc) is 3.08. The second-order valence-corrected chi connectivity index (χ2v) is 5.49. The Bertz CT molecular complexity index is 492. The molecule has 1 heterocycles. The van der Waals surface area contributed by atoms with Gasteiger partial charge in [-0.05, 0) is 43.5 Å². The molecule has 3 N–H and O–H groups in total. The molecule has 0 bridgehead atoms. The normalized spacial score (nSPS) is 25.9. The highest BCUT2D eigenvalue weighted by Crippen LogP contribution is 2.29. The van der Waals surface area contributed by atoms with E-state index in [-0.39, 0.29) is 6.09 Å². The predicted molar refractivity (Wildman–Crippen MR) is 78.9 cm³/mol. The first kappa shape index (κ1) is 13.2. The third-order valence-electron chi connectivity index (χ3n) is 4.23. The maximum atomic E-state index is 11.6. The summed E-state index contributed by atoms with van der Waals surface area (Å²) in [6, 6.07) is 8.40. The number of rotatable bonds is 4. The van der Waals surface area contributed by atoms with Crippen molar-refractivity contribution in [3.63, 3.8) is 0 Å². The van der Waals surface area contributed by atoms with Crippen molar-refractivity contribution in [2.45, 2.75) is 25.3 Å². The number of carbonyl (C=O) groups is 1. The number of amides is 1. The summed E-state index contributed by atoms with van der Waals surface area (Å²) in [4.78, 5) is 13.3. The second-order valence-electron chi connectivity index (χ2n) is 5.49. The lowest BCUT2D eigenvalue weighted by Gasteiger charge is -2.22. The van der Waals surface area contributed by atoms with Crippen LogP contribution in [0.2, 0.25) is 0 Å². The fourth-order valence-corrected chi connectivity index (χ4v) is 3.11. The highest BCUT2D eigenvalue weighted by molar-refractivity contribution is 5.89. The molecule has 0 aromatic heterocycles. The summed E-state index contributed by atoms with van der Waals surface area (Å²) in [5.41, 5.74) is 7.75. The van der Waals surface area contributed by atoms with E-state index in [4.69, 9.17) is 10.5 Å². The molecule has 108 valence electrons. The molecule has 1 aromatic rings. The number of nitrogens with one attached hydrogen (secondary N) is 1. The van der Waals surface area contributed by atoms with E-state index in [1.807, 2.05) is 24.3 Å². The van der Waals surface area contributed by atoms with Crippen LogP contribution in [0, 0.1) is 5.92 Å². The number of benzene rings is 1. The van der Waals surface area contributed by atoms with Crippen molar-refractivity contribution in [3.05, 3.63) is 24.3 Å². The van der Waals surface area contributed by atoms with Crippen LogP contribution in [0.5, 0.6) is 0 Å². The number of hydrogen-bond donors (Lipinski definition) is 2. The van der Waals surface area contributed by atoms with Gasteiger partial charge in [-0.2, -0.15) is 0 Å². The first-order chi connectivity index (χ1) is 9.78. The lowest BCUT2D eigenvalue weighted by atomic mass is 10.0. The molecule has 1 aromatic carbocycles. The van der Waals surface area contributed by atoms with Gasteiger partial charge >= 0.3 is 6.09 Å². The highest BCUT2D eigenvalue weighted by atomic mass is 16.6. The minimum absolute atomic E-state index is 0.261. The van der Waals surface area contributed by atoms with E-state index in [2.05, 4.69) is 5.32 Å². The minimum atomic E-state index is -0.261. The number of carbonyl (C=O) groups excluding carboxylic acids is 1. The van der Waals surface area contributed by atoms with E-state index in [9.17, 15) is 4.79 Å². The van der Waals surface area contributed by atoms with Gasteiger partial charge < -0.3 is 15.8 Å². The molecule has 0 radical (unpaired) electrons. The quantitative estimate of drug-likeness (QED) is 0.884. The Labute approximate surface area is 119 Å². The highest BCUT2D eigenvalue weighted by Gasteiger charge is 2.27. The molecule has 2 aliphatic rings. The van der Waals surface area contributed by atoms with Crippen molar-refractivity contribution >= 4 is 17.5 Å².